The quantitative estimate of drug-likeness (QED) is 0.362. The van der Waals surface area contributed by atoms with Crippen molar-refractivity contribution in [2.75, 3.05) is 20.3 Å². The minimum absolute atomic E-state index is 0.0394. The summed E-state index contributed by atoms with van der Waals surface area (Å²) in [5.74, 6) is -1.16. The molecule has 0 aliphatic heterocycles. The van der Waals surface area contributed by atoms with Crippen LogP contribution in [-0.2, 0) is 19.0 Å². The third-order valence-electron chi connectivity index (χ3n) is 1.54. The Morgan fingerprint density at radius 1 is 1.36 bits per heavy atom. The van der Waals surface area contributed by atoms with Crippen LogP contribution in [0.4, 0.5) is 4.39 Å². The lowest BCUT2D eigenvalue weighted by molar-refractivity contribution is -0.306. The lowest BCUT2D eigenvalue weighted by Crippen LogP contribution is -2.41. The van der Waals surface area contributed by atoms with Crippen LogP contribution in [0.2, 0.25) is 0 Å². The first-order valence-electron chi connectivity index (χ1n) is 4.66. The third-order valence-corrected chi connectivity index (χ3v) is 1.54. The van der Waals surface area contributed by atoms with Crippen molar-refractivity contribution in [3.63, 3.8) is 0 Å². The zero-order chi connectivity index (χ0) is 11.0. The van der Waals surface area contributed by atoms with Gasteiger partial charge in [-0.05, 0) is 13.3 Å². The van der Waals surface area contributed by atoms with E-state index >= 15 is 0 Å². The molecule has 5 heteroatoms. The van der Waals surface area contributed by atoms with Crippen molar-refractivity contribution in [3.8, 4) is 0 Å². The van der Waals surface area contributed by atoms with E-state index in [1.807, 2.05) is 6.92 Å². The molecule has 0 fully saturated rings. The van der Waals surface area contributed by atoms with Gasteiger partial charge in [0, 0.05) is 0 Å². The average molecular weight is 208 g/mol. The molecule has 0 bridgehead atoms. The molecule has 0 aromatic rings. The molecule has 1 atom stereocenters. The zero-order valence-electron chi connectivity index (χ0n) is 8.84. The molecule has 0 aromatic carbocycles. The number of methoxy groups -OCH3 is 1. The summed E-state index contributed by atoms with van der Waals surface area (Å²) >= 11 is 0. The second-order valence-electron chi connectivity index (χ2n) is 2.66. The van der Waals surface area contributed by atoms with E-state index < -0.39 is 12.0 Å². The van der Waals surface area contributed by atoms with E-state index in [0.717, 1.165) is 13.5 Å². The maximum atomic E-state index is 13.6. The number of carbonyl (C=O) groups is 1. The second kappa shape index (κ2) is 6.73. The molecule has 84 valence electrons. The fourth-order valence-electron chi connectivity index (χ4n) is 0.815. The largest absolute Gasteiger partial charge is 0.463 e. The minimum atomic E-state index is -2.75. The summed E-state index contributed by atoms with van der Waals surface area (Å²) in [6.07, 6.45) is 1.51. The van der Waals surface area contributed by atoms with Gasteiger partial charge in [-0.25, -0.2) is 4.79 Å². The molecule has 0 rings (SSSR count). The molecule has 0 aliphatic carbocycles. The van der Waals surface area contributed by atoms with Crippen molar-refractivity contribution < 1.29 is 23.4 Å². The molecule has 0 amide bonds. The van der Waals surface area contributed by atoms with Crippen LogP contribution < -0.4 is 0 Å². The third kappa shape index (κ3) is 4.02. The van der Waals surface area contributed by atoms with Crippen LogP contribution in [0.25, 0.3) is 0 Å². The van der Waals surface area contributed by atoms with Gasteiger partial charge < -0.3 is 14.2 Å². The van der Waals surface area contributed by atoms with Crippen LogP contribution in [0.5, 0.6) is 0 Å². The van der Waals surface area contributed by atoms with E-state index in [4.69, 9.17) is 4.74 Å². The molecular weight excluding hydrogens is 191 g/mol. The lowest BCUT2D eigenvalue weighted by atomic mass is 10.4. The van der Waals surface area contributed by atoms with Gasteiger partial charge in [0.2, 0.25) is 0 Å². The summed E-state index contributed by atoms with van der Waals surface area (Å²) < 4.78 is 27.1. The fraction of sp³-hybridized carbons (Fsp3) is 0.889. The predicted molar refractivity (Wildman–Crippen MR) is 48.3 cm³/mol. The summed E-state index contributed by atoms with van der Waals surface area (Å²) in [5.41, 5.74) is 0. The number of halogens is 1. The summed E-state index contributed by atoms with van der Waals surface area (Å²) in [6, 6.07) is -2.75. The Labute approximate surface area is 83.3 Å². The Balaban J connectivity index is 4.16. The standard InChI is InChI=1S/C9H17FO4/c1-4-6-7-14-9(10,13-5-2)8(11)12-3/h4-7H2,1-3H3. The molecule has 0 heterocycles. The van der Waals surface area contributed by atoms with E-state index in [2.05, 4.69) is 9.47 Å². The van der Waals surface area contributed by atoms with Crippen molar-refractivity contribution in [2.24, 2.45) is 0 Å². The number of rotatable bonds is 7. The highest BCUT2D eigenvalue weighted by molar-refractivity contribution is 5.75. The molecule has 0 aromatic heterocycles. The second-order valence-corrected chi connectivity index (χ2v) is 2.66. The van der Waals surface area contributed by atoms with Crippen molar-refractivity contribution in [3.05, 3.63) is 0 Å². The monoisotopic (exact) mass is 208 g/mol. The average Bonchev–Trinajstić information content (AvgIpc) is 2.17. The number of ether oxygens (including phenoxy) is 3. The molecule has 0 radical (unpaired) electrons. The Bertz CT molecular complexity index is 174. The highest BCUT2D eigenvalue weighted by Crippen LogP contribution is 2.17. The van der Waals surface area contributed by atoms with Gasteiger partial charge in [-0.2, -0.15) is 4.39 Å². The van der Waals surface area contributed by atoms with Crippen LogP contribution >= 0.6 is 0 Å². The highest BCUT2D eigenvalue weighted by atomic mass is 19.2. The fourth-order valence-corrected chi connectivity index (χ4v) is 0.815. The van der Waals surface area contributed by atoms with Crippen molar-refractivity contribution in [1.29, 1.82) is 0 Å². The van der Waals surface area contributed by atoms with Gasteiger partial charge in [0.05, 0.1) is 20.3 Å². The van der Waals surface area contributed by atoms with E-state index in [1.165, 1.54) is 0 Å². The molecule has 14 heavy (non-hydrogen) atoms. The summed E-state index contributed by atoms with van der Waals surface area (Å²) in [7, 11) is 1.08. The summed E-state index contributed by atoms with van der Waals surface area (Å²) in [5, 5.41) is 0. The van der Waals surface area contributed by atoms with E-state index in [0.29, 0.717) is 6.42 Å². The molecule has 0 aliphatic rings. The maximum absolute atomic E-state index is 13.6. The highest BCUT2D eigenvalue weighted by Gasteiger charge is 2.42. The van der Waals surface area contributed by atoms with Gasteiger partial charge in [0.1, 0.15) is 0 Å². The number of unbranched alkanes of at least 4 members (excludes halogenated alkanes) is 1. The SMILES string of the molecule is CCCCOC(F)(OCC)C(=O)OC. The van der Waals surface area contributed by atoms with E-state index in [1.54, 1.807) is 6.92 Å². The molecule has 0 saturated heterocycles. The van der Waals surface area contributed by atoms with Crippen LogP contribution in [0.3, 0.4) is 0 Å². The number of esters is 1. The van der Waals surface area contributed by atoms with Crippen LogP contribution in [0.15, 0.2) is 0 Å². The van der Waals surface area contributed by atoms with Crippen molar-refractivity contribution >= 4 is 5.97 Å². The van der Waals surface area contributed by atoms with Gasteiger partial charge in [-0.1, -0.05) is 13.3 Å². The van der Waals surface area contributed by atoms with Gasteiger partial charge in [0.25, 0.3) is 0 Å². The molecule has 0 spiro atoms. The topological polar surface area (TPSA) is 44.8 Å². The summed E-state index contributed by atoms with van der Waals surface area (Å²) in [6.45, 7) is 3.67. The molecule has 0 N–H and O–H groups in total. The Kier molecular flexibility index (Phi) is 6.40. The Morgan fingerprint density at radius 3 is 2.43 bits per heavy atom. The van der Waals surface area contributed by atoms with Gasteiger partial charge >= 0.3 is 12.0 Å². The zero-order valence-corrected chi connectivity index (χ0v) is 8.84. The van der Waals surface area contributed by atoms with Gasteiger partial charge in [0.15, 0.2) is 0 Å². The first-order valence-corrected chi connectivity index (χ1v) is 4.66. The number of alkyl halides is 1. The number of hydrogen-bond donors (Lipinski definition) is 0. The van der Waals surface area contributed by atoms with Crippen LogP contribution in [-0.4, -0.2) is 32.3 Å². The van der Waals surface area contributed by atoms with Crippen molar-refractivity contribution in [1.82, 2.24) is 0 Å². The first-order chi connectivity index (χ1) is 6.60. The smallest absolute Gasteiger partial charge is 0.421 e. The van der Waals surface area contributed by atoms with Gasteiger partial charge in [-0.3, -0.25) is 0 Å². The molecule has 4 nitrogen and oxygen atoms in total. The predicted octanol–water partition coefficient (Wildman–Crippen LogP) is 1.64. The van der Waals surface area contributed by atoms with Crippen molar-refractivity contribution in [2.45, 2.75) is 32.7 Å². The Morgan fingerprint density at radius 2 is 2.00 bits per heavy atom. The lowest BCUT2D eigenvalue weighted by Gasteiger charge is -2.21. The summed E-state index contributed by atoms with van der Waals surface area (Å²) in [4.78, 5) is 11.0. The molecule has 0 saturated carbocycles. The minimum Gasteiger partial charge on any atom is -0.463 e. The normalized spacial score (nSPS) is 14.9. The van der Waals surface area contributed by atoms with Crippen LogP contribution in [0.1, 0.15) is 26.7 Å². The molecule has 1 unspecified atom stereocenters. The first kappa shape index (κ1) is 13.3. The number of hydrogen-bond acceptors (Lipinski definition) is 4. The van der Waals surface area contributed by atoms with E-state index in [-0.39, 0.29) is 13.2 Å². The van der Waals surface area contributed by atoms with Gasteiger partial charge in [-0.15, -0.1) is 0 Å². The maximum Gasteiger partial charge on any atom is 0.421 e. The van der Waals surface area contributed by atoms with E-state index in [9.17, 15) is 9.18 Å². The molecular formula is C9H17FO4. The number of carbonyl (C=O) groups excluding carboxylic acids is 1. The van der Waals surface area contributed by atoms with Crippen LogP contribution in [0, 0.1) is 0 Å². The Hall–Kier alpha value is -0.680.